The fourth-order valence-corrected chi connectivity index (χ4v) is 4.19. The lowest BCUT2D eigenvalue weighted by molar-refractivity contribution is -0.0507. The number of halogens is 4. The molecular formula is C17H13BrClF2N3O. The average Bonchev–Trinajstić information content (AvgIpc) is 3.05. The fourth-order valence-electron chi connectivity index (χ4n) is 3.41. The van der Waals surface area contributed by atoms with Crippen LogP contribution < -0.4 is 10.5 Å². The molecule has 0 saturated heterocycles. The molecule has 0 radical (unpaired) electrons. The Morgan fingerprint density at radius 3 is 2.88 bits per heavy atom. The lowest BCUT2D eigenvalue weighted by atomic mass is 10.0. The van der Waals surface area contributed by atoms with Crippen LogP contribution in [0, 0.1) is 0 Å². The van der Waals surface area contributed by atoms with Gasteiger partial charge in [0.15, 0.2) is 0 Å². The molecule has 4 rings (SSSR count). The molecule has 0 unspecified atom stereocenters. The fraction of sp³-hybridized carbons (Fsp3) is 0.235. The van der Waals surface area contributed by atoms with E-state index in [1.807, 2.05) is 16.7 Å². The first-order chi connectivity index (χ1) is 12.0. The van der Waals surface area contributed by atoms with Crippen molar-refractivity contribution in [2.75, 3.05) is 0 Å². The molecule has 0 aliphatic carbocycles. The summed E-state index contributed by atoms with van der Waals surface area (Å²) in [6, 6.07) is 9.79. The maximum atomic E-state index is 12.8. The van der Waals surface area contributed by atoms with Crippen molar-refractivity contribution in [2.24, 2.45) is 5.73 Å². The number of hydrogen-bond donors (Lipinski definition) is 1. The largest absolute Gasteiger partial charge is 0.434 e. The summed E-state index contributed by atoms with van der Waals surface area (Å²) in [7, 11) is 0. The number of aromatic nitrogens is 2. The maximum Gasteiger partial charge on any atom is 0.387 e. The van der Waals surface area contributed by atoms with Crippen molar-refractivity contribution in [3.63, 3.8) is 0 Å². The third kappa shape index (κ3) is 2.80. The van der Waals surface area contributed by atoms with E-state index in [9.17, 15) is 8.78 Å². The molecule has 0 saturated carbocycles. The van der Waals surface area contributed by atoms with Crippen molar-refractivity contribution < 1.29 is 13.5 Å². The number of fused-ring (bicyclic) bond motifs is 3. The number of nitrogens with zero attached hydrogens (tertiary/aromatic N) is 2. The zero-order valence-electron chi connectivity index (χ0n) is 12.8. The van der Waals surface area contributed by atoms with Crippen LogP contribution in [-0.4, -0.2) is 16.2 Å². The van der Waals surface area contributed by atoms with Gasteiger partial charge in [0.25, 0.3) is 0 Å². The van der Waals surface area contributed by atoms with Crippen molar-refractivity contribution in [3.8, 4) is 5.75 Å². The molecule has 2 atom stereocenters. The monoisotopic (exact) mass is 427 g/mol. The van der Waals surface area contributed by atoms with Gasteiger partial charge in [-0.15, -0.1) is 0 Å². The summed E-state index contributed by atoms with van der Waals surface area (Å²) in [6.45, 7) is -2.91. The Kier molecular flexibility index (Phi) is 4.17. The van der Waals surface area contributed by atoms with Gasteiger partial charge < -0.3 is 15.0 Å². The molecule has 0 bridgehead atoms. The van der Waals surface area contributed by atoms with Gasteiger partial charge in [0.1, 0.15) is 11.6 Å². The molecule has 2 heterocycles. The number of rotatable bonds is 3. The van der Waals surface area contributed by atoms with E-state index in [-0.39, 0.29) is 17.8 Å². The lowest BCUT2D eigenvalue weighted by Crippen LogP contribution is -2.11. The van der Waals surface area contributed by atoms with Crippen LogP contribution in [0.2, 0.25) is 5.02 Å². The minimum absolute atomic E-state index is 0.123. The van der Waals surface area contributed by atoms with Gasteiger partial charge in [-0.05, 0) is 36.8 Å². The van der Waals surface area contributed by atoms with E-state index < -0.39 is 6.61 Å². The van der Waals surface area contributed by atoms with Crippen molar-refractivity contribution in [1.29, 1.82) is 0 Å². The number of benzene rings is 2. The van der Waals surface area contributed by atoms with Gasteiger partial charge in [0.05, 0.1) is 23.1 Å². The second-order valence-electron chi connectivity index (χ2n) is 5.86. The highest BCUT2D eigenvalue weighted by atomic mass is 79.9. The molecule has 3 aromatic rings. The first-order valence-corrected chi connectivity index (χ1v) is 8.79. The van der Waals surface area contributed by atoms with Crippen molar-refractivity contribution in [1.82, 2.24) is 9.55 Å². The van der Waals surface area contributed by atoms with E-state index in [1.165, 1.54) is 6.07 Å². The maximum absolute atomic E-state index is 12.8. The minimum Gasteiger partial charge on any atom is -0.434 e. The zero-order valence-corrected chi connectivity index (χ0v) is 15.1. The summed E-state index contributed by atoms with van der Waals surface area (Å²) in [6.07, 6.45) is 0.535. The highest BCUT2D eigenvalue weighted by molar-refractivity contribution is 9.10. The Bertz CT molecular complexity index is 962. The minimum atomic E-state index is -2.91. The van der Waals surface area contributed by atoms with E-state index in [4.69, 9.17) is 22.1 Å². The Labute approximate surface area is 155 Å². The predicted octanol–water partition coefficient (Wildman–Crippen LogP) is 5.05. The second-order valence-corrected chi connectivity index (χ2v) is 7.15. The summed E-state index contributed by atoms with van der Waals surface area (Å²) in [5.74, 6) is 0.833. The molecule has 25 heavy (non-hydrogen) atoms. The van der Waals surface area contributed by atoms with E-state index in [0.717, 1.165) is 11.0 Å². The summed E-state index contributed by atoms with van der Waals surface area (Å²) in [5.41, 5.74) is 8.46. The smallest absolute Gasteiger partial charge is 0.387 e. The highest BCUT2D eigenvalue weighted by Crippen LogP contribution is 2.45. The van der Waals surface area contributed by atoms with Gasteiger partial charge in [-0.2, -0.15) is 8.78 Å². The molecule has 0 amide bonds. The molecule has 8 heteroatoms. The number of alkyl halides is 2. The zero-order chi connectivity index (χ0) is 17.7. The number of imidazole rings is 1. The predicted molar refractivity (Wildman–Crippen MR) is 95.2 cm³/mol. The van der Waals surface area contributed by atoms with Gasteiger partial charge in [-0.25, -0.2) is 4.98 Å². The summed E-state index contributed by atoms with van der Waals surface area (Å²) in [4.78, 5) is 4.59. The van der Waals surface area contributed by atoms with Gasteiger partial charge >= 0.3 is 6.61 Å². The molecule has 130 valence electrons. The normalized spacial score (nSPS) is 19.6. The average molecular weight is 429 g/mol. The SMILES string of the molecule is N[C@@H]1C[C@H](c2c(Br)cccc2OC(F)F)n2c1nc1ccc(Cl)cc12. The second kappa shape index (κ2) is 6.23. The van der Waals surface area contributed by atoms with Crippen molar-refractivity contribution in [2.45, 2.75) is 25.1 Å². The van der Waals surface area contributed by atoms with E-state index >= 15 is 0 Å². The van der Waals surface area contributed by atoms with Crippen molar-refractivity contribution in [3.05, 3.63) is 57.3 Å². The topological polar surface area (TPSA) is 53.1 Å². The van der Waals surface area contributed by atoms with Crippen LogP contribution in [0.3, 0.4) is 0 Å². The quantitative estimate of drug-likeness (QED) is 0.635. The highest BCUT2D eigenvalue weighted by Gasteiger charge is 2.35. The molecule has 1 aliphatic heterocycles. The molecule has 2 aromatic carbocycles. The van der Waals surface area contributed by atoms with Crippen LogP contribution in [0.15, 0.2) is 40.9 Å². The Morgan fingerprint density at radius 1 is 1.32 bits per heavy atom. The van der Waals surface area contributed by atoms with Gasteiger partial charge in [-0.1, -0.05) is 33.6 Å². The molecule has 2 N–H and O–H groups in total. The standard InChI is InChI=1S/C17H13BrClF2N3O/c18-9-2-1-3-14(25-17(20)21)15(9)13-7-10(22)16-23-11-5-4-8(19)6-12(11)24(13)16/h1-6,10,13,17H,7,22H2/t10-,13-/m1/s1. The first-order valence-electron chi connectivity index (χ1n) is 7.62. The van der Waals surface area contributed by atoms with Gasteiger partial charge in [0, 0.05) is 15.1 Å². The van der Waals surface area contributed by atoms with E-state index in [0.29, 0.717) is 27.3 Å². The van der Waals surface area contributed by atoms with Crippen LogP contribution in [0.4, 0.5) is 8.78 Å². The Hall–Kier alpha value is -1.70. The van der Waals surface area contributed by atoms with Crippen LogP contribution in [0.5, 0.6) is 5.75 Å². The Balaban J connectivity index is 1.93. The van der Waals surface area contributed by atoms with Crippen LogP contribution in [0.1, 0.15) is 29.9 Å². The third-order valence-corrected chi connectivity index (χ3v) is 5.29. The molecule has 1 aromatic heterocycles. The van der Waals surface area contributed by atoms with Crippen LogP contribution >= 0.6 is 27.5 Å². The number of hydrogen-bond acceptors (Lipinski definition) is 3. The summed E-state index contributed by atoms with van der Waals surface area (Å²) >= 11 is 9.59. The Morgan fingerprint density at radius 2 is 2.12 bits per heavy atom. The van der Waals surface area contributed by atoms with Crippen molar-refractivity contribution >= 4 is 38.6 Å². The lowest BCUT2D eigenvalue weighted by Gasteiger charge is -2.20. The van der Waals surface area contributed by atoms with Crippen LogP contribution in [0.25, 0.3) is 11.0 Å². The number of ether oxygens (including phenoxy) is 1. The molecule has 0 spiro atoms. The molecular weight excluding hydrogens is 416 g/mol. The van der Waals surface area contributed by atoms with E-state index in [2.05, 4.69) is 20.9 Å². The van der Waals surface area contributed by atoms with Crippen LogP contribution in [-0.2, 0) is 0 Å². The van der Waals surface area contributed by atoms with E-state index in [1.54, 1.807) is 18.2 Å². The first kappa shape index (κ1) is 16.8. The third-order valence-electron chi connectivity index (χ3n) is 4.36. The number of nitrogens with two attached hydrogens (primary N) is 1. The molecule has 1 aliphatic rings. The summed E-state index contributed by atoms with van der Waals surface area (Å²) < 4.78 is 33.1. The van der Waals surface area contributed by atoms with Gasteiger partial charge in [-0.3, -0.25) is 0 Å². The molecule has 4 nitrogen and oxygen atoms in total. The summed E-state index contributed by atoms with van der Waals surface area (Å²) in [5, 5.41) is 0.575. The van der Waals surface area contributed by atoms with Gasteiger partial charge in [0.2, 0.25) is 0 Å². The molecule has 0 fully saturated rings.